The summed E-state index contributed by atoms with van der Waals surface area (Å²) in [7, 11) is 0. The van der Waals surface area contributed by atoms with Crippen molar-refractivity contribution in [3.8, 4) is 0 Å². The van der Waals surface area contributed by atoms with Gasteiger partial charge in [0.25, 0.3) is 0 Å². The summed E-state index contributed by atoms with van der Waals surface area (Å²) < 4.78 is 0. The smallest absolute Gasteiger partial charge is 0.236 e. The Balaban J connectivity index is 2.48. The first-order valence-corrected chi connectivity index (χ1v) is 5.86. The fourth-order valence-electron chi connectivity index (χ4n) is 0.995. The molecule has 0 fully saturated rings. The van der Waals surface area contributed by atoms with Crippen molar-refractivity contribution in [1.29, 1.82) is 0 Å². The maximum absolute atomic E-state index is 11.2. The van der Waals surface area contributed by atoms with Crippen molar-refractivity contribution < 1.29 is 4.79 Å². The molecule has 1 heterocycles. The number of carbonyl (C=O) groups excluding carboxylic acids is 1. The van der Waals surface area contributed by atoms with Crippen LogP contribution in [-0.2, 0) is 11.3 Å². The molecule has 1 atom stereocenters. The number of hydrogen-bond acceptors (Lipinski definition) is 4. The van der Waals surface area contributed by atoms with Gasteiger partial charge < -0.3 is 11.1 Å². The molecule has 1 amide bonds. The molecule has 4 nitrogen and oxygen atoms in total. The minimum Gasteiger partial charge on any atom is -0.348 e. The monoisotopic (exact) mass is 227 g/mol. The summed E-state index contributed by atoms with van der Waals surface area (Å²) in [4.78, 5) is 15.6. The highest BCUT2D eigenvalue weighted by molar-refractivity contribution is 7.09. The molecule has 0 aliphatic heterocycles. The molecular weight excluding hydrogens is 210 g/mol. The minimum atomic E-state index is -0.463. The lowest BCUT2D eigenvalue weighted by Gasteiger charge is -2.05. The van der Waals surface area contributed by atoms with E-state index < -0.39 is 6.04 Å². The lowest BCUT2D eigenvalue weighted by atomic mass is 10.2. The SMILES string of the molecule is CC(N)C(=O)NCc1nc(C(C)C)cs1. The first kappa shape index (κ1) is 12.1. The standard InChI is InChI=1S/C10H17N3OS/c1-6(2)8-5-15-9(13-8)4-12-10(14)7(3)11/h5-7H,4,11H2,1-3H3,(H,12,14). The van der Waals surface area contributed by atoms with Crippen molar-refractivity contribution >= 4 is 17.2 Å². The van der Waals surface area contributed by atoms with E-state index in [9.17, 15) is 4.79 Å². The first-order valence-electron chi connectivity index (χ1n) is 4.98. The molecule has 1 unspecified atom stereocenters. The molecule has 0 aliphatic carbocycles. The van der Waals surface area contributed by atoms with Gasteiger partial charge in [-0.05, 0) is 12.8 Å². The molecule has 0 aromatic carbocycles. The van der Waals surface area contributed by atoms with Crippen LogP contribution in [0, 0.1) is 0 Å². The lowest BCUT2D eigenvalue weighted by Crippen LogP contribution is -2.37. The van der Waals surface area contributed by atoms with Crippen molar-refractivity contribution in [2.45, 2.75) is 39.3 Å². The summed E-state index contributed by atoms with van der Waals surface area (Å²) in [6, 6.07) is -0.463. The molecule has 84 valence electrons. The topological polar surface area (TPSA) is 68.0 Å². The third-order valence-corrected chi connectivity index (χ3v) is 2.86. The molecule has 0 saturated carbocycles. The van der Waals surface area contributed by atoms with Crippen LogP contribution < -0.4 is 11.1 Å². The maximum atomic E-state index is 11.2. The average Bonchev–Trinajstić information content (AvgIpc) is 2.62. The molecule has 15 heavy (non-hydrogen) atoms. The quantitative estimate of drug-likeness (QED) is 0.813. The second-order valence-corrected chi connectivity index (χ2v) is 4.77. The number of hydrogen-bond donors (Lipinski definition) is 2. The van der Waals surface area contributed by atoms with Gasteiger partial charge in [-0.3, -0.25) is 4.79 Å². The fraction of sp³-hybridized carbons (Fsp3) is 0.600. The average molecular weight is 227 g/mol. The molecule has 3 N–H and O–H groups in total. The number of nitrogens with zero attached hydrogens (tertiary/aromatic N) is 1. The Labute approximate surface area is 93.9 Å². The van der Waals surface area contributed by atoms with E-state index in [1.165, 1.54) is 0 Å². The number of aromatic nitrogens is 1. The zero-order valence-electron chi connectivity index (χ0n) is 9.28. The normalized spacial score (nSPS) is 12.9. The van der Waals surface area contributed by atoms with Gasteiger partial charge in [-0.2, -0.15) is 0 Å². The van der Waals surface area contributed by atoms with Gasteiger partial charge in [0.05, 0.1) is 18.3 Å². The van der Waals surface area contributed by atoms with E-state index in [1.807, 2.05) is 5.38 Å². The van der Waals surface area contributed by atoms with E-state index in [0.29, 0.717) is 12.5 Å². The summed E-state index contributed by atoms with van der Waals surface area (Å²) in [5, 5.41) is 5.68. The Kier molecular flexibility index (Phi) is 4.23. The van der Waals surface area contributed by atoms with Crippen molar-refractivity contribution in [3.63, 3.8) is 0 Å². The second kappa shape index (κ2) is 5.23. The van der Waals surface area contributed by atoms with Crippen LogP contribution in [0.5, 0.6) is 0 Å². The van der Waals surface area contributed by atoms with Crippen molar-refractivity contribution in [2.75, 3.05) is 0 Å². The summed E-state index contributed by atoms with van der Waals surface area (Å²) in [5.74, 6) is 0.287. The summed E-state index contributed by atoms with van der Waals surface area (Å²) in [6.07, 6.45) is 0. The van der Waals surface area contributed by atoms with Gasteiger partial charge in [0, 0.05) is 5.38 Å². The number of nitrogens with two attached hydrogens (primary N) is 1. The Morgan fingerprint density at radius 2 is 2.27 bits per heavy atom. The largest absolute Gasteiger partial charge is 0.348 e. The lowest BCUT2D eigenvalue weighted by molar-refractivity contribution is -0.122. The second-order valence-electron chi connectivity index (χ2n) is 3.83. The first-order chi connectivity index (χ1) is 7.00. The minimum absolute atomic E-state index is 0.142. The number of nitrogens with one attached hydrogen (secondary N) is 1. The van der Waals surface area contributed by atoms with Crippen molar-refractivity contribution in [1.82, 2.24) is 10.3 Å². The zero-order chi connectivity index (χ0) is 11.4. The van der Waals surface area contributed by atoms with Gasteiger partial charge in [-0.1, -0.05) is 13.8 Å². The number of carbonyl (C=O) groups is 1. The van der Waals surface area contributed by atoms with E-state index in [2.05, 4.69) is 24.1 Å². The fourth-order valence-corrected chi connectivity index (χ4v) is 1.89. The van der Waals surface area contributed by atoms with Crippen LogP contribution in [0.25, 0.3) is 0 Å². The molecule has 0 radical (unpaired) electrons. The number of amides is 1. The van der Waals surface area contributed by atoms with Gasteiger partial charge in [-0.15, -0.1) is 11.3 Å². The van der Waals surface area contributed by atoms with Gasteiger partial charge in [0.1, 0.15) is 5.01 Å². The highest BCUT2D eigenvalue weighted by Crippen LogP contribution is 2.17. The maximum Gasteiger partial charge on any atom is 0.236 e. The Hall–Kier alpha value is -0.940. The molecule has 0 saturated heterocycles. The van der Waals surface area contributed by atoms with Crippen LogP contribution in [0.1, 0.15) is 37.4 Å². The van der Waals surface area contributed by atoms with Crippen molar-refractivity contribution in [3.05, 3.63) is 16.1 Å². The molecule has 1 rings (SSSR count). The molecular formula is C10H17N3OS. The van der Waals surface area contributed by atoms with Gasteiger partial charge in [0.2, 0.25) is 5.91 Å². The van der Waals surface area contributed by atoms with E-state index in [1.54, 1.807) is 18.3 Å². The third kappa shape index (κ3) is 3.60. The molecule has 0 bridgehead atoms. The zero-order valence-corrected chi connectivity index (χ0v) is 10.1. The van der Waals surface area contributed by atoms with Crippen LogP contribution >= 0.6 is 11.3 Å². The Bertz CT molecular complexity index is 333. The molecule has 5 heteroatoms. The van der Waals surface area contributed by atoms with E-state index in [0.717, 1.165) is 10.7 Å². The van der Waals surface area contributed by atoms with Crippen LogP contribution in [-0.4, -0.2) is 16.9 Å². The van der Waals surface area contributed by atoms with Crippen LogP contribution in [0.2, 0.25) is 0 Å². The molecule has 1 aromatic rings. The van der Waals surface area contributed by atoms with Gasteiger partial charge in [0.15, 0.2) is 0 Å². The van der Waals surface area contributed by atoms with Gasteiger partial charge >= 0.3 is 0 Å². The number of thiazole rings is 1. The van der Waals surface area contributed by atoms with Crippen LogP contribution in [0.3, 0.4) is 0 Å². The van der Waals surface area contributed by atoms with E-state index in [-0.39, 0.29) is 5.91 Å². The molecule has 0 aliphatic rings. The highest BCUT2D eigenvalue weighted by atomic mass is 32.1. The highest BCUT2D eigenvalue weighted by Gasteiger charge is 2.09. The summed E-state index contributed by atoms with van der Waals surface area (Å²) in [5.41, 5.74) is 6.50. The predicted molar refractivity (Wildman–Crippen MR) is 61.7 cm³/mol. The van der Waals surface area contributed by atoms with Gasteiger partial charge in [-0.25, -0.2) is 4.98 Å². The van der Waals surface area contributed by atoms with E-state index >= 15 is 0 Å². The molecule has 1 aromatic heterocycles. The summed E-state index contributed by atoms with van der Waals surface area (Å²) >= 11 is 1.56. The summed E-state index contributed by atoms with van der Waals surface area (Å²) in [6.45, 7) is 6.33. The predicted octanol–water partition coefficient (Wildman–Crippen LogP) is 1.23. The van der Waals surface area contributed by atoms with Crippen LogP contribution in [0.4, 0.5) is 0 Å². The van der Waals surface area contributed by atoms with Crippen LogP contribution in [0.15, 0.2) is 5.38 Å². The number of rotatable bonds is 4. The third-order valence-electron chi connectivity index (χ3n) is 1.99. The molecule has 0 spiro atoms. The Morgan fingerprint density at radius 3 is 2.73 bits per heavy atom. The van der Waals surface area contributed by atoms with E-state index in [4.69, 9.17) is 5.73 Å². The Morgan fingerprint density at radius 1 is 1.60 bits per heavy atom. The van der Waals surface area contributed by atoms with Crippen molar-refractivity contribution in [2.24, 2.45) is 5.73 Å².